The van der Waals surface area contributed by atoms with Gasteiger partial charge in [0.05, 0.1) is 12.6 Å². The molecule has 1 aromatic carbocycles. The second kappa shape index (κ2) is 6.94. The summed E-state index contributed by atoms with van der Waals surface area (Å²) < 4.78 is 38.3. The van der Waals surface area contributed by atoms with Crippen molar-refractivity contribution >= 4 is 32.6 Å². The topological polar surface area (TPSA) is 117 Å². The summed E-state index contributed by atoms with van der Waals surface area (Å²) >= 11 is 0.826. The largest absolute Gasteiger partial charge is 0.497 e. The number of hydrogen-bond acceptors (Lipinski definition) is 6. The van der Waals surface area contributed by atoms with Crippen molar-refractivity contribution < 1.29 is 27.6 Å². The Morgan fingerprint density at radius 2 is 2.17 bits per heavy atom. The van der Waals surface area contributed by atoms with Gasteiger partial charge in [0.1, 0.15) is 10.8 Å². The molecule has 124 valence electrons. The van der Waals surface area contributed by atoms with Gasteiger partial charge < -0.3 is 9.84 Å². The number of hydrogen-bond donors (Lipinski definition) is 2. The van der Waals surface area contributed by atoms with E-state index in [1.54, 1.807) is 24.3 Å². The fraction of sp³-hybridized carbons (Fsp3) is 0.231. The molecule has 0 saturated heterocycles. The summed E-state index contributed by atoms with van der Waals surface area (Å²) in [5.74, 6) is -0.749. The van der Waals surface area contributed by atoms with Crippen LogP contribution < -0.4 is 9.04 Å². The molecule has 2 N–H and O–H groups in total. The zero-order valence-corrected chi connectivity index (χ0v) is 13.7. The van der Waals surface area contributed by atoms with E-state index in [0.29, 0.717) is 10.1 Å². The van der Waals surface area contributed by atoms with Gasteiger partial charge in [-0.15, -0.1) is 11.3 Å². The SMILES string of the molecule is COc1cccc(CCN(c2scnc2C(=O)O)S(=O)(=O)O)c1. The van der Waals surface area contributed by atoms with Gasteiger partial charge in [-0.25, -0.2) is 14.1 Å². The Morgan fingerprint density at radius 1 is 1.43 bits per heavy atom. The molecule has 0 aliphatic heterocycles. The Labute approximate surface area is 136 Å². The number of aromatic carboxylic acids is 1. The van der Waals surface area contributed by atoms with Crippen molar-refractivity contribution in [3.05, 3.63) is 41.0 Å². The Hall–Kier alpha value is -2.17. The molecule has 0 amide bonds. The minimum atomic E-state index is -4.62. The summed E-state index contributed by atoms with van der Waals surface area (Å²) in [6.07, 6.45) is 0.258. The number of methoxy groups -OCH3 is 1. The van der Waals surface area contributed by atoms with Crippen LogP contribution in [-0.2, 0) is 16.7 Å². The van der Waals surface area contributed by atoms with E-state index < -0.39 is 22.0 Å². The predicted molar refractivity (Wildman–Crippen MR) is 84.7 cm³/mol. The van der Waals surface area contributed by atoms with Gasteiger partial charge in [-0.05, 0) is 24.1 Å². The van der Waals surface area contributed by atoms with Crippen molar-refractivity contribution in [1.29, 1.82) is 0 Å². The number of rotatable bonds is 7. The van der Waals surface area contributed by atoms with Crippen LogP contribution in [0, 0.1) is 0 Å². The van der Waals surface area contributed by atoms with Crippen LogP contribution in [0.2, 0.25) is 0 Å². The van der Waals surface area contributed by atoms with Gasteiger partial charge >= 0.3 is 16.3 Å². The molecule has 0 atom stereocenters. The monoisotopic (exact) mass is 358 g/mol. The van der Waals surface area contributed by atoms with E-state index in [-0.39, 0.29) is 18.0 Å². The molecule has 10 heteroatoms. The van der Waals surface area contributed by atoms with E-state index in [4.69, 9.17) is 9.84 Å². The number of carboxylic acid groups (broad SMARTS) is 1. The molecule has 23 heavy (non-hydrogen) atoms. The fourth-order valence-electron chi connectivity index (χ4n) is 1.94. The van der Waals surface area contributed by atoms with E-state index in [1.807, 2.05) is 0 Å². The number of carboxylic acids is 1. The van der Waals surface area contributed by atoms with Gasteiger partial charge in [-0.3, -0.25) is 4.55 Å². The van der Waals surface area contributed by atoms with Crippen LogP contribution in [0.3, 0.4) is 0 Å². The maximum Gasteiger partial charge on any atom is 0.360 e. The number of carbonyl (C=O) groups is 1. The average Bonchev–Trinajstić information content (AvgIpc) is 2.95. The maximum atomic E-state index is 11.6. The number of aromatic nitrogens is 1. The van der Waals surface area contributed by atoms with E-state index in [2.05, 4.69) is 4.98 Å². The molecule has 0 fully saturated rings. The van der Waals surface area contributed by atoms with Crippen molar-refractivity contribution in [2.45, 2.75) is 6.42 Å². The van der Waals surface area contributed by atoms with Gasteiger partial charge in [-0.2, -0.15) is 8.42 Å². The van der Waals surface area contributed by atoms with E-state index in [1.165, 1.54) is 12.6 Å². The lowest BCUT2D eigenvalue weighted by atomic mass is 10.1. The first-order chi connectivity index (χ1) is 10.8. The van der Waals surface area contributed by atoms with Crippen molar-refractivity contribution in [3.63, 3.8) is 0 Å². The lowest BCUT2D eigenvalue weighted by Crippen LogP contribution is -2.32. The third kappa shape index (κ3) is 4.18. The van der Waals surface area contributed by atoms with Crippen LogP contribution in [0.5, 0.6) is 5.75 Å². The third-order valence-corrected chi connectivity index (χ3v) is 4.88. The van der Waals surface area contributed by atoms with Crippen molar-refractivity contribution in [1.82, 2.24) is 4.98 Å². The predicted octanol–water partition coefficient (Wildman–Crippen LogP) is 1.70. The highest BCUT2D eigenvalue weighted by Gasteiger charge is 2.27. The molecule has 1 aromatic heterocycles. The highest BCUT2D eigenvalue weighted by atomic mass is 32.2. The molecule has 2 aromatic rings. The Bertz CT molecular complexity index is 802. The molecule has 0 radical (unpaired) electrons. The van der Waals surface area contributed by atoms with E-state index in [9.17, 15) is 17.8 Å². The molecule has 0 bridgehead atoms. The first-order valence-electron chi connectivity index (χ1n) is 6.37. The Balaban J connectivity index is 2.27. The lowest BCUT2D eigenvalue weighted by Gasteiger charge is -2.19. The number of anilines is 1. The molecule has 0 spiro atoms. The number of benzene rings is 1. The van der Waals surface area contributed by atoms with Crippen LogP contribution in [0.4, 0.5) is 5.00 Å². The number of thiazole rings is 1. The van der Waals surface area contributed by atoms with Crippen molar-refractivity contribution in [2.75, 3.05) is 18.0 Å². The lowest BCUT2D eigenvalue weighted by molar-refractivity contribution is 0.0692. The molecular formula is C13H14N2O6S2. The number of nitrogens with zero attached hydrogens (tertiary/aromatic N) is 2. The zero-order chi connectivity index (χ0) is 17.0. The smallest absolute Gasteiger partial charge is 0.360 e. The minimum absolute atomic E-state index is 0.130. The Kier molecular flexibility index (Phi) is 5.19. The highest BCUT2D eigenvalue weighted by Crippen LogP contribution is 2.28. The molecule has 1 heterocycles. The first kappa shape index (κ1) is 17.2. The Morgan fingerprint density at radius 3 is 2.78 bits per heavy atom. The van der Waals surface area contributed by atoms with Gasteiger partial charge in [0.25, 0.3) is 0 Å². The molecular weight excluding hydrogens is 344 g/mol. The average molecular weight is 358 g/mol. The summed E-state index contributed by atoms with van der Waals surface area (Å²) in [4.78, 5) is 14.7. The number of ether oxygens (including phenoxy) is 1. The quantitative estimate of drug-likeness (QED) is 0.723. The summed E-state index contributed by atoms with van der Waals surface area (Å²) in [6, 6.07) is 7.00. The normalized spacial score (nSPS) is 11.2. The first-order valence-corrected chi connectivity index (χ1v) is 8.65. The summed E-state index contributed by atoms with van der Waals surface area (Å²) in [5, 5.41) is 8.91. The summed E-state index contributed by atoms with van der Waals surface area (Å²) in [6.45, 7) is -0.130. The van der Waals surface area contributed by atoms with Crippen LogP contribution in [0.15, 0.2) is 29.8 Å². The van der Waals surface area contributed by atoms with Gasteiger partial charge in [0.15, 0.2) is 5.69 Å². The van der Waals surface area contributed by atoms with Crippen molar-refractivity contribution in [2.24, 2.45) is 0 Å². The van der Waals surface area contributed by atoms with E-state index >= 15 is 0 Å². The second-order valence-electron chi connectivity index (χ2n) is 4.46. The van der Waals surface area contributed by atoms with Gasteiger partial charge in [-0.1, -0.05) is 12.1 Å². The summed E-state index contributed by atoms with van der Waals surface area (Å²) in [5.41, 5.74) is 1.57. The van der Waals surface area contributed by atoms with Crippen LogP contribution in [0.1, 0.15) is 16.1 Å². The zero-order valence-electron chi connectivity index (χ0n) is 12.0. The van der Waals surface area contributed by atoms with Crippen LogP contribution in [0.25, 0.3) is 0 Å². The minimum Gasteiger partial charge on any atom is -0.497 e. The molecule has 0 saturated carbocycles. The molecule has 0 aliphatic carbocycles. The van der Waals surface area contributed by atoms with E-state index in [0.717, 1.165) is 16.9 Å². The molecule has 0 aliphatic rings. The van der Waals surface area contributed by atoms with Gasteiger partial charge in [0, 0.05) is 6.54 Å². The van der Waals surface area contributed by atoms with Crippen LogP contribution >= 0.6 is 11.3 Å². The van der Waals surface area contributed by atoms with Crippen LogP contribution in [-0.4, -0.2) is 42.7 Å². The molecule has 0 unspecified atom stereocenters. The fourth-order valence-corrected chi connectivity index (χ4v) is 3.69. The standard InChI is InChI=1S/C13H14N2O6S2/c1-21-10-4-2-3-9(7-10)5-6-15(23(18,19)20)12-11(13(16)17)14-8-22-12/h2-4,7-8H,5-6H2,1H3,(H,16,17)(H,18,19,20). The maximum absolute atomic E-state index is 11.6. The highest BCUT2D eigenvalue weighted by molar-refractivity contribution is 7.87. The molecule has 8 nitrogen and oxygen atoms in total. The molecule has 2 rings (SSSR count). The second-order valence-corrected chi connectivity index (χ2v) is 6.63. The van der Waals surface area contributed by atoms with Gasteiger partial charge in [0.2, 0.25) is 0 Å². The summed E-state index contributed by atoms with van der Waals surface area (Å²) in [7, 11) is -3.11. The van der Waals surface area contributed by atoms with Crippen molar-refractivity contribution in [3.8, 4) is 5.75 Å². The third-order valence-electron chi connectivity index (χ3n) is 2.99.